The van der Waals surface area contributed by atoms with Crippen LogP contribution < -0.4 is 5.32 Å². The second-order valence-electron chi connectivity index (χ2n) is 8.01. The van der Waals surface area contributed by atoms with E-state index in [0.29, 0.717) is 0 Å². The number of ether oxygens (including phenoxy) is 2. The molecule has 10 nitrogen and oxygen atoms in total. The van der Waals surface area contributed by atoms with Gasteiger partial charge in [-0.3, -0.25) is 4.79 Å². The van der Waals surface area contributed by atoms with Crippen LogP contribution >= 0.6 is 0 Å². The normalized spacial score (nSPS) is 27.0. The number of benzene rings is 2. The maximum absolute atomic E-state index is 12.8. The molecule has 1 aliphatic rings. The zero-order valence-corrected chi connectivity index (χ0v) is 18.1. The van der Waals surface area contributed by atoms with E-state index in [-0.39, 0.29) is 13.0 Å². The summed E-state index contributed by atoms with van der Waals surface area (Å²) in [7, 11) is 0. The van der Waals surface area contributed by atoms with Crippen LogP contribution in [0.3, 0.4) is 0 Å². The standard InChI is InChI=1S/C23H29NO9/c1-2-32-22(30)23(31)11-16(26)19(21(33-23)20(29)17(27)12-25)24-18(28)10-14-8-5-7-13-6-3-4-9-15(13)14/h3-9,16-17,19-21,25-27,29,31H,2,10-12H2,1H3,(H,24,28)/t16-,17+,19+,20+,21+,23?/m0/s1. The van der Waals surface area contributed by atoms with Crippen molar-refractivity contribution >= 4 is 22.6 Å². The zero-order valence-electron chi connectivity index (χ0n) is 18.1. The van der Waals surface area contributed by atoms with Crippen LogP contribution in [-0.2, 0) is 25.5 Å². The van der Waals surface area contributed by atoms with E-state index in [2.05, 4.69) is 5.32 Å². The van der Waals surface area contributed by atoms with Crippen molar-refractivity contribution < 1.29 is 44.6 Å². The Morgan fingerprint density at radius 2 is 1.91 bits per heavy atom. The first-order valence-electron chi connectivity index (χ1n) is 10.7. The molecule has 6 atom stereocenters. The van der Waals surface area contributed by atoms with Crippen LogP contribution in [0.5, 0.6) is 0 Å². The van der Waals surface area contributed by atoms with Crippen molar-refractivity contribution in [2.24, 2.45) is 0 Å². The minimum atomic E-state index is -2.60. The van der Waals surface area contributed by atoms with Gasteiger partial charge >= 0.3 is 5.97 Å². The van der Waals surface area contributed by atoms with Crippen molar-refractivity contribution in [3.63, 3.8) is 0 Å². The molecule has 2 aromatic rings. The highest BCUT2D eigenvalue weighted by molar-refractivity contribution is 5.90. The zero-order chi connectivity index (χ0) is 24.2. The van der Waals surface area contributed by atoms with Gasteiger partial charge in [-0.25, -0.2) is 4.79 Å². The molecule has 3 rings (SSSR count). The van der Waals surface area contributed by atoms with Gasteiger partial charge < -0.3 is 40.3 Å². The van der Waals surface area contributed by atoms with Crippen LogP contribution in [0.4, 0.5) is 0 Å². The van der Waals surface area contributed by atoms with E-state index in [1.807, 2.05) is 36.4 Å². The number of amides is 1. The number of aliphatic hydroxyl groups excluding tert-OH is 4. The third-order valence-electron chi connectivity index (χ3n) is 5.66. The Balaban J connectivity index is 1.82. The summed E-state index contributed by atoms with van der Waals surface area (Å²) in [6.45, 7) is 0.586. The Bertz CT molecular complexity index is 978. The molecular weight excluding hydrogens is 434 g/mol. The summed E-state index contributed by atoms with van der Waals surface area (Å²) in [5.41, 5.74) is 0.729. The lowest BCUT2D eigenvalue weighted by molar-refractivity contribution is -0.297. The maximum Gasteiger partial charge on any atom is 0.366 e. The van der Waals surface area contributed by atoms with Crippen molar-refractivity contribution in [1.29, 1.82) is 0 Å². The number of esters is 1. The summed E-state index contributed by atoms with van der Waals surface area (Å²) in [6, 6.07) is 11.7. The molecule has 0 radical (unpaired) electrons. The van der Waals surface area contributed by atoms with Gasteiger partial charge in [0.1, 0.15) is 18.3 Å². The van der Waals surface area contributed by atoms with Gasteiger partial charge in [0.25, 0.3) is 5.79 Å². The highest BCUT2D eigenvalue weighted by atomic mass is 16.7. The van der Waals surface area contributed by atoms with Gasteiger partial charge in [0.2, 0.25) is 5.91 Å². The topological polar surface area (TPSA) is 166 Å². The van der Waals surface area contributed by atoms with Crippen LogP contribution in [0.1, 0.15) is 18.9 Å². The molecule has 1 unspecified atom stereocenters. The highest BCUT2D eigenvalue weighted by Gasteiger charge is 2.54. The first-order chi connectivity index (χ1) is 15.7. The van der Waals surface area contributed by atoms with E-state index >= 15 is 0 Å². The SMILES string of the molecule is CCOC(=O)C1(O)C[C@H](O)[C@@H](NC(=O)Cc2cccc3ccccc23)[C@H]([C@H](O)[C@H](O)CO)O1. The number of carbonyl (C=O) groups is 2. The predicted octanol–water partition coefficient (Wildman–Crippen LogP) is -1.02. The van der Waals surface area contributed by atoms with E-state index in [4.69, 9.17) is 9.47 Å². The van der Waals surface area contributed by atoms with Crippen molar-refractivity contribution in [3.05, 3.63) is 48.0 Å². The average molecular weight is 463 g/mol. The van der Waals surface area contributed by atoms with E-state index in [9.17, 15) is 35.1 Å². The lowest BCUT2D eigenvalue weighted by atomic mass is 9.88. The average Bonchev–Trinajstić information content (AvgIpc) is 2.80. The number of carbonyl (C=O) groups excluding carboxylic acids is 2. The van der Waals surface area contributed by atoms with Crippen molar-refractivity contribution in [1.82, 2.24) is 5.32 Å². The van der Waals surface area contributed by atoms with E-state index in [1.54, 1.807) is 6.07 Å². The third-order valence-corrected chi connectivity index (χ3v) is 5.66. The molecule has 10 heteroatoms. The second kappa shape index (κ2) is 10.6. The fourth-order valence-corrected chi connectivity index (χ4v) is 4.00. The monoisotopic (exact) mass is 463 g/mol. The summed E-state index contributed by atoms with van der Waals surface area (Å²) in [5.74, 6) is -4.30. The summed E-state index contributed by atoms with van der Waals surface area (Å²) >= 11 is 0. The molecule has 1 amide bonds. The quantitative estimate of drug-likeness (QED) is 0.269. The molecule has 0 saturated carbocycles. The molecule has 2 aromatic carbocycles. The molecular formula is C23H29NO9. The number of aliphatic hydroxyl groups is 5. The molecule has 33 heavy (non-hydrogen) atoms. The van der Waals surface area contributed by atoms with E-state index < -0.39 is 61.1 Å². The molecule has 1 fully saturated rings. The number of hydrogen-bond donors (Lipinski definition) is 6. The Morgan fingerprint density at radius 3 is 2.61 bits per heavy atom. The number of rotatable bonds is 8. The molecule has 1 heterocycles. The summed E-state index contributed by atoms with van der Waals surface area (Å²) in [6.07, 6.45) is -7.41. The number of hydrogen-bond acceptors (Lipinski definition) is 9. The predicted molar refractivity (Wildman–Crippen MR) is 116 cm³/mol. The smallest absolute Gasteiger partial charge is 0.366 e. The molecule has 0 aliphatic carbocycles. The highest BCUT2D eigenvalue weighted by Crippen LogP contribution is 2.31. The van der Waals surface area contributed by atoms with Crippen LogP contribution in [0.2, 0.25) is 0 Å². The van der Waals surface area contributed by atoms with Gasteiger partial charge in [0.05, 0.1) is 31.8 Å². The first kappa shape index (κ1) is 25.0. The largest absolute Gasteiger partial charge is 0.462 e. The number of fused-ring (bicyclic) bond motifs is 1. The van der Waals surface area contributed by atoms with Crippen LogP contribution in [-0.4, -0.2) is 86.9 Å². The lowest BCUT2D eigenvalue weighted by Crippen LogP contribution is -2.67. The minimum absolute atomic E-state index is 0.0575. The van der Waals surface area contributed by atoms with Crippen LogP contribution in [0.25, 0.3) is 10.8 Å². The summed E-state index contributed by atoms with van der Waals surface area (Å²) < 4.78 is 10.1. The number of nitrogens with one attached hydrogen (secondary N) is 1. The summed E-state index contributed by atoms with van der Waals surface area (Å²) in [4.78, 5) is 25.0. The first-order valence-corrected chi connectivity index (χ1v) is 10.7. The van der Waals surface area contributed by atoms with E-state index in [1.165, 1.54) is 6.92 Å². The molecule has 1 saturated heterocycles. The van der Waals surface area contributed by atoms with E-state index in [0.717, 1.165) is 16.3 Å². The van der Waals surface area contributed by atoms with Crippen LogP contribution in [0, 0.1) is 0 Å². The molecule has 1 aliphatic heterocycles. The van der Waals surface area contributed by atoms with Crippen molar-refractivity contribution in [2.45, 2.75) is 56.0 Å². The molecule has 0 spiro atoms. The Hall–Kier alpha value is -2.60. The fraction of sp³-hybridized carbons (Fsp3) is 0.478. The molecule has 180 valence electrons. The Morgan fingerprint density at radius 1 is 1.21 bits per heavy atom. The van der Waals surface area contributed by atoms with Gasteiger partial charge in [0.15, 0.2) is 0 Å². The fourth-order valence-electron chi connectivity index (χ4n) is 4.00. The third kappa shape index (κ3) is 5.49. The van der Waals surface area contributed by atoms with Gasteiger partial charge in [-0.15, -0.1) is 0 Å². The van der Waals surface area contributed by atoms with Crippen molar-refractivity contribution in [2.75, 3.05) is 13.2 Å². The molecule has 0 aromatic heterocycles. The Labute approximate surface area is 190 Å². The molecule has 6 N–H and O–H groups in total. The van der Waals surface area contributed by atoms with Gasteiger partial charge in [-0.05, 0) is 23.3 Å². The Kier molecular flexibility index (Phi) is 8.01. The van der Waals surface area contributed by atoms with Crippen molar-refractivity contribution in [3.8, 4) is 0 Å². The summed E-state index contributed by atoms with van der Waals surface area (Å²) in [5, 5.41) is 55.2. The van der Waals surface area contributed by atoms with Gasteiger partial charge in [-0.1, -0.05) is 42.5 Å². The van der Waals surface area contributed by atoms with Crippen LogP contribution in [0.15, 0.2) is 42.5 Å². The minimum Gasteiger partial charge on any atom is -0.462 e. The second-order valence-corrected chi connectivity index (χ2v) is 8.01. The van der Waals surface area contributed by atoms with Gasteiger partial charge in [-0.2, -0.15) is 0 Å². The van der Waals surface area contributed by atoms with Gasteiger partial charge in [0, 0.05) is 6.42 Å². The molecule has 0 bridgehead atoms. The maximum atomic E-state index is 12.8. The lowest BCUT2D eigenvalue weighted by Gasteiger charge is -2.45.